The highest BCUT2D eigenvalue weighted by atomic mass is 32.2. The van der Waals surface area contributed by atoms with Gasteiger partial charge in [-0.25, -0.2) is 16.8 Å². The molecule has 0 radical (unpaired) electrons. The number of sulfonamides is 1. The summed E-state index contributed by atoms with van der Waals surface area (Å²) in [5.74, 6) is -0.660. The Morgan fingerprint density at radius 1 is 0.800 bits per heavy atom. The molecule has 1 heterocycles. The maximum absolute atomic E-state index is 13.7. The van der Waals surface area contributed by atoms with Crippen LogP contribution in [0.1, 0.15) is 16.7 Å². The van der Waals surface area contributed by atoms with Gasteiger partial charge in [0.05, 0.1) is 21.1 Å². The lowest BCUT2D eigenvalue weighted by molar-refractivity contribution is 0.306. The molecule has 0 spiro atoms. The lowest BCUT2D eigenvalue weighted by Gasteiger charge is -2.40. The predicted molar refractivity (Wildman–Crippen MR) is 139 cm³/mol. The number of hydrogen-bond donors (Lipinski definition) is 0. The molecule has 0 fully saturated rings. The number of rotatable bonds is 7. The maximum atomic E-state index is 13.7. The molecule has 0 N–H and O–H groups in total. The third-order valence-electron chi connectivity index (χ3n) is 6.44. The Morgan fingerprint density at radius 3 is 1.89 bits per heavy atom. The topological polar surface area (TPSA) is 71.5 Å². The van der Waals surface area contributed by atoms with E-state index in [0.29, 0.717) is 6.42 Å². The zero-order chi connectivity index (χ0) is 25.2. The van der Waals surface area contributed by atoms with Gasteiger partial charge in [0.25, 0.3) is 10.0 Å². The molecule has 0 aliphatic carbocycles. The second-order valence-electron chi connectivity index (χ2n) is 8.88. The van der Waals surface area contributed by atoms with Gasteiger partial charge in [-0.15, -0.1) is 6.58 Å². The fraction of sp³-hybridized carbons (Fsp3) is 0.214. The van der Waals surface area contributed by atoms with E-state index < -0.39 is 37.1 Å². The van der Waals surface area contributed by atoms with Crippen LogP contribution in [0.25, 0.3) is 0 Å². The van der Waals surface area contributed by atoms with Crippen molar-refractivity contribution in [3.8, 4) is 0 Å². The van der Waals surface area contributed by atoms with Crippen LogP contribution in [0.4, 0.5) is 0 Å². The van der Waals surface area contributed by atoms with Gasteiger partial charge in [-0.1, -0.05) is 71.8 Å². The Morgan fingerprint density at radius 2 is 1.34 bits per heavy atom. The van der Waals surface area contributed by atoms with Gasteiger partial charge in [-0.3, -0.25) is 4.31 Å². The summed E-state index contributed by atoms with van der Waals surface area (Å²) in [6.45, 7) is 7.72. The highest BCUT2D eigenvalue weighted by molar-refractivity contribution is 7.92. The first-order chi connectivity index (χ1) is 16.6. The highest BCUT2D eigenvalue weighted by Crippen LogP contribution is 2.36. The van der Waals surface area contributed by atoms with Crippen molar-refractivity contribution in [3.05, 3.63) is 120 Å². The molecule has 1 aliphatic heterocycles. The van der Waals surface area contributed by atoms with E-state index in [1.807, 2.05) is 44.2 Å². The zero-order valence-corrected chi connectivity index (χ0v) is 21.4. The van der Waals surface area contributed by atoms with E-state index in [-0.39, 0.29) is 9.79 Å². The number of aryl methyl sites for hydroxylation is 2. The van der Waals surface area contributed by atoms with Gasteiger partial charge in [0, 0.05) is 12.1 Å². The summed E-state index contributed by atoms with van der Waals surface area (Å²) in [4.78, 5) is 0.367. The molecule has 5 nitrogen and oxygen atoms in total. The molecule has 0 unspecified atom stereocenters. The summed E-state index contributed by atoms with van der Waals surface area (Å²) in [5, 5.41) is -0.944. The van der Waals surface area contributed by atoms with Crippen molar-refractivity contribution in [2.45, 2.75) is 41.4 Å². The number of sulfone groups is 1. The number of benzene rings is 3. The lowest BCUT2D eigenvalue weighted by atomic mass is 9.88. The van der Waals surface area contributed by atoms with Gasteiger partial charge >= 0.3 is 0 Å². The van der Waals surface area contributed by atoms with Crippen LogP contribution in [-0.2, 0) is 26.3 Å². The molecule has 3 aromatic rings. The van der Waals surface area contributed by atoms with E-state index in [4.69, 9.17) is 0 Å². The third-order valence-corrected chi connectivity index (χ3v) is 10.4. The molecule has 182 valence electrons. The fourth-order valence-corrected chi connectivity index (χ4v) is 7.79. The Bertz CT molecular complexity index is 1430. The minimum absolute atomic E-state index is 0.161. The van der Waals surface area contributed by atoms with Crippen molar-refractivity contribution < 1.29 is 16.8 Å². The quantitative estimate of drug-likeness (QED) is 0.418. The minimum atomic E-state index is -3.93. The normalized spacial score (nSPS) is 20.5. The van der Waals surface area contributed by atoms with Crippen LogP contribution in [0.2, 0.25) is 0 Å². The standard InChI is InChI=1S/C28H29NO4S2/c1-4-26-27(20-23-8-6-5-7-9-23)29(35(32,33)25-16-12-22(3)13-17-25)19-18-28(26)34(30,31)24-14-10-21(2)11-15-24/h4-19,26-28H,1,20H2,2-3H3/t26-,27-,28+/m0/s1. The van der Waals surface area contributed by atoms with E-state index in [0.717, 1.165) is 16.7 Å². The van der Waals surface area contributed by atoms with Crippen molar-refractivity contribution in [1.29, 1.82) is 0 Å². The van der Waals surface area contributed by atoms with Crippen LogP contribution in [-0.4, -0.2) is 32.4 Å². The van der Waals surface area contributed by atoms with Gasteiger partial charge in [0.2, 0.25) is 0 Å². The van der Waals surface area contributed by atoms with Gasteiger partial charge in [-0.05, 0) is 56.2 Å². The molecule has 0 amide bonds. The zero-order valence-electron chi connectivity index (χ0n) is 19.8. The Balaban J connectivity index is 1.82. The maximum Gasteiger partial charge on any atom is 0.264 e. The first kappa shape index (κ1) is 24.9. The Hall–Kier alpha value is -3.16. The molecule has 35 heavy (non-hydrogen) atoms. The molecule has 0 saturated carbocycles. The summed E-state index contributed by atoms with van der Waals surface area (Å²) in [6, 6.07) is 22.2. The van der Waals surface area contributed by atoms with Crippen molar-refractivity contribution in [3.63, 3.8) is 0 Å². The molecule has 0 saturated heterocycles. The Kier molecular flexibility index (Phi) is 7.01. The van der Waals surface area contributed by atoms with E-state index in [1.54, 1.807) is 54.6 Å². The Labute approximate surface area is 208 Å². The third kappa shape index (κ3) is 4.97. The average Bonchev–Trinajstić information content (AvgIpc) is 2.84. The van der Waals surface area contributed by atoms with Crippen LogP contribution in [0.5, 0.6) is 0 Å². The monoisotopic (exact) mass is 507 g/mol. The van der Waals surface area contributed by atoms with Crippen LogP contribution < -0.4 is 0 Å². The van der Waals surface area contributed by atoms with E-state index in [1.165, 1.54) is 16.6 Å². The molecule has 4 rings (SSSR count). The van der Waals surface area contributed by atoms with Crippen LogP contribution >= 0.6 is 0 Å². The smallest absolute Gasteiger partial charge is 0.264 e. The van der Waals surface area contributed by atoms with Gasteiger partial charge in [0.1, 0.15) is 0 Å². The van der Waals surface area contributed by atoms with Gasteiger partial charge in [0.15, 0.2) is 9.84 Å². The summed E-state index contributed by atoms with van der Waals surface area (Å²) < 4.78 is 56.1. The second kappa shape index (κ2) is 9.84. The summed E-state index contributed by atoms with van der Waals surface area (Å²) in [6.07, 6.45) is 4.81. The van der Waals surface area contributed by atoms with Crippen LogP contribution in [0.3, 0.4) is 0 Å². The molecule has 0 bridgehead atoms. The molecule has 7 heteroatoms. The van der Waals surface area contributed by atoms with E-state index >= 15 is 0 Å². The minimum Gasteiger partial charge on any atom is -0.270 e. The molecule has 3 aromatic carbocycles. The van der Waals surface area contributed by atoms with Gasteiger partial charge in [-0.2, -0.15) is 0 Å². The largest absolute Gasteiger partial charge is 0.270 e. The highest BCUT2D eigenvalue weighted by Gasteiger charge is 2.44. The number of hydrogen-bond acceptors (Lipinski definition) is 4. The SMILES string of the molecule is C=C[C@@H]1[C@H](S(=O)(=O)c2ccc(C)cc2)C=CN(S(=O)(=O)c2ccc(C)cc2)[C@H]1Cc1ccccc1. The van der Waals surface area contributed by atoms with E-state index in [9.17, 15) is 16.8 Å². The summed E-state index contributed by atoms with van der Waals surface area (Å²) in [5.41, 5.74) is 2.82. The van der Waals surface area contributed by atoms with Gasteiger partial charge < -0.3 is 0 Å². The predicted octanol–water partition coefficient (Wildman–Crippen LogP) is 5.08. The molecule has 1 aliphatic rings. The van der Waals surface area contributed by atoms with Crippen molar-refractivity contribution in [1.82, 2.24) is 4.31 Å². The average molecular weight is 508 g/mol. The second-order valence-corrected chi connectivity index (χ2v) is 12.8. The number of nitrogens with zero attached hydrogens (tertiary/aromatic N) is 1. The molecule has 3 atom stereocenters. The first-order valence-electron chi connectivity index (χ1n) is 11.4. The van der Waals surface area contributed by atoms with Crippen molar-refractivity contribution in [2.24, 2.45) is 5.92 Å². The molecular formula is C28H29NO4S2. The van der Waals surface area contributed by atoms with E-state index in [2.05, 4.69) is 6.58 Å². The van der Waals surface area contributed by atoms with Crippen molar-refractivity contribution >= 4 is 19.9 Å². The van der Waals surface area contributed by atoms with Crippen LogP contribution in [0, 0.1) is 19.8 Å². The molecule has 0 aromatic heterocycles. The lowest BCUT2D eigenvalue weighted by Crippen LogP contribution is -2.50. The van der Waals surface area contributed by atoms with Crippen LogP contribution in [0.15, 0.2) is 114 Å². The summed E-state index contributed by atoms with van der Waals surface area (Å²) >= 11 is 0. The first-order valence-corrected chi connectivity index (χ1v) is 14.4. The summed E-state index contributed by atoms with van der Waals surface area (Å²) in [7, 11) is -7.71. The van der Waals surface area contributed by atoms with Crippen molar-refractivity contribution in [2.75, 3.05) is 0 Å². The molecular weight excluding hydrogens is 478 g/mol. The fourth-order valence-electron chi connectivity index (χ4n) is 4.46.